The molecule has 2 atom stereocenters. The van der Waals surface area contributed by atoms with Crippen LogP contribution < -0.4 is 14.8 Å². The molecule has 0 bridgehead atoms. The minimum atomic E-state index is -0.404. The molecule has 2 fully saturated rings. The smallest absolute Gasteiger partial charge is 0.254 e. The number of fused-ring (bicyclic) bond motifs is 2. The molecule has 6 heteroatoms. The Hall–Kier alpha value is -1.79. The number of hydrogen-bond acceptors (Lipinski definition) is 5. The SMILES string of the molecule is Cc1cc2c(cc1NC(=O)C1CN3CCCC3CO1)OCO2. The molecule has 0 saturated carbocycles. The Morgan fingerprint density at radius 2 is 2.14 bits per heavy atom. The molecular formula is C16H20N2O4. The fourth-order valence-electron chi connectivity index (χ4n) is 3.37. The van der Waals surface area contributed by atoms with E-state index >= 15 is 0 Å². The van der Waals surface area contributed by atoms with Crippen molar-refractivity contribution in [2.24, 2.45) is 0 Å². The lowest BCUT2D eigenvalue weighted by molar-refractivity contribution is -0.135. The first kappa shape index (κ1) is 13.8. The van der Waals surface area contributed by atoms with Gasteiger partial charge in [-0.1, -0.05) is 0 Å². The Kier molecular flexibility index (Phi) is 3.43. The summed E-state index contributed by atoms with van der Waals surface area (Å²) in [6.45, 7) is 4.57. The van der Waals surface area contributed by atoms with Crippen molar-refractivity contribution in [1.29, 1.82) is 0 Å². The summed E-state index contributed by atoms with van der Waals surface area (Å²) in [5, 5.41) is 2.96. The fraction of sp³-hybridized carbons (Fsp3) is 0.562. The van der Waals surface area contributed by atoms with Gasteiger partial charge < -0.3 is 19.5 Å². The van der Waals surface area contributed by atoms with Gasteiger partial charge in [0.25, 0.3) is 5.91 Å². The molecule has 0 spiro atoms. The number of nitrogens with zero attached hydrogens (tertiary/aromatic N) is 1. The molecule has 0 aromatic heterocycles. The fourth-order valence-corrected chi connectivity index (χ4v) is 3.37. The van der Waals surface area contributed by atoms with Crippen LogP contribution in [-0.2, 0) is 9.53 Å². The van der Waals surface area contributed by atoms with E-state index in [0.717, 1.165) is 23.5 Å². The molecule has 118 valence electrons. The van der Waals surface area contributed by atoms with E-state index in [-0.39, 0.29) is 12.7 Å². The molecule has 2 unspecified atom stereocenters. The minimum absolute atomic E-state index is 0.0904. The average Bonchev–Trinajstić information content (AvgIpc) is 3.14. The second kappa shape index (κ2) is 5.44. The predicted octanol–water partition coefficient (Wildman–Crippen LogP) is 1.53. The van der Waals surface area contributed by atoms with E-state index in [2.05, 4.69) is 10.2 Å². The van der Waals surface area contributed by atoms with Crippen LogP contribution in [0.25, 0.3) is 0 Å². The Morgan fingerprint density at radius 3 is 3.00 bits per heavy atom. The predicted molar refractivity (Wildman–Crippen MR) is 80.3 cm³/mol. The number of nitrogens with one attached hydrogen (secondary N) is 1. The molecule has 0 radical (unpaired) electrons. The van der Waals surface area contributed by atoms with Crippen molar-refractivity contribution >= 4 is 11.6 Å². The highest BCUT2D eigenvalue weighted by Crippen LogP contribution is 2.36. The molecular weight excluding hydrogens is 284 g/mol. The quantitative estimate of drug-likeness (QED) is 0.898. The van der Waals surface area contributed by atoms with Crippen LogP contribution in [0.3, 0.4) is 0 Å². The van der Waals surface area contributed by atoms with E-state index in [0.29, 0.717) is 24.9 Å². The van der Waals surface area contributed by atoms with Gasteiger partial charge in [0.05, 0.1) is 6.61 Å². The zero-order chi connectivity index (χ0) is 15.1. The summed E-state index contributed by atoms with van der Waals surface area (Å²) in [5.74, 6) is 1.31. The van der Waals surface area contributed by atoms with Crippen molar-refractivity contribution in [3.63, 3.8) is 0 Å². The van der Waals surface area contributed by atoms with Gasteiger partial charge in [-0.05, 0) is 37.9 Å². The molecule has 22 heavy (non-hydrogen) atoms. The number of amides is 1. The van der Waals surface area contributed by atoms with Crippen molar-refractivity contribution in [3.8, 4) is 11.5 Å². The molecule has 6 nitrogen and oxygen atoms in total. The summed E-state index contributed by atoms with van der Waals surface area (Å²) in [6.07, 6.45) is 1.97. The highest BCUT2D eigenvalue weighted by atomic mass is 16.7. The van der Waals surface area contributed by atoms with Gasteiger partial charge in [0.2, 0.25) is 6.79 Å². The first-order valence-corrected chi connectivity index (χ1v) is 7.77. The van der Waals surface area contributed by atoms with Crippen molar-refractivity contribution < 1.29 is 19.0 Å². The largest absolute Gasteiger partial charge is 0.454 e. The molecule has 3 aliphatic heterocycles. The van der Waals surface area contributed by atoms with E-state index in [1.807, 2.05) is 19.1 Å². The lowest BCUT2D eigenvalue weighted by Gasteiger charge is -2.34. The molecule has 1 aromatic rings. The van der Waals surface area contributed by atoms with E-state index in [4.69, 9.17) is 14.2 Å². The van der Waals surface area contributed by atoms with Gasteiger partial charge in [-0.2, -0.15) is 0 Å². The second-order valence-electron chi connectivity index (χ2n) is 6.12. The summed E-state index contributed by atoms with van der Waals surface area (Å²) in [5.41, 5.74) is 1.70. The van der Waals surface area contributed by atoms with Crippen molar-refractivity contribution in [1.82, 2.24) is 4.90 Å². The van der Waals surface area contributed by atoms with Gasteiger partial charge in [-0.15, -0.1) is 0 Å². The third kappa shape index (κ3) is 2.42. The summed E-state index contributed by atoms with van der Waals surface area (Å²) in [4.78, 5) is 14.8. The van der Waals surface area contributed by atoms with Crippen LogP contribution in [0.4, 0.5) is 5.69 Å². The molecule has 1 aromatic carbocycles. The van der Waals surface area contributed by atoms with Crippen LogP contribution in [0.15, 0.2) is 12.1 Å². The van der Waals surface area contributed by atoms with Crippen LogP contribution in [0.2, 0.25) is 0 Å². The van der Waals surface area contributed by atoms with Crippen LogP contribution >= 0.6 is 0 Å². The molecule has 0 aliphatic carbocycles. The molecule has 2 saturated heterocycles. The van der Waals surface area contributed by atoms with Crippen LogP contribution in [0, 0.1) is 6.92 Å². The van der Waals surface area contributed by atoms with Gasteiger partial charge in [0.1, 0.15) is 6.10 Å². The number of aryl methyl sites for hydroxylation is 1. The Morgan fingerprint density at radius 1 is 1.32 bits per heavy atom. The second-order valence-corrected chi connectivity index (χ2v) is 6.12. The van der Waals surface area contributed by atoms with Gasteiger partial charge in [-0.25, -0.2) is 0 Å². The van der Waals surface area contributed by atoms with Gasteiger partial charge >= 0.3 is 0 Å². The Balaban J connectivity index is 1.46. The molecule has 4 rings (SSSR count). The molecule has 3 heterocycles. The summed E-state index contributed by atoms with van der Waals surface area (Å²) in [7, 11) is 0. The number of carbonyl (C=O) groups excluding carboxylic acids is 1. The minimum Gasteiger partial charge on any atom is -0.454 e. The first-order valence-electron chi connectivity index (χ1n) is 7.77. The van der Waals surface area contributed by atoms with Crippen LogP contribution in [-0.4, -0.2) is 49.4 Å². The topological polar surface area (TPSA) is 60.0 Å². The van der Waals surface area contributed by atoms with E-state index in [1.54, 1.807) is 0 Å². The third-order valence-electron chi connectivity index (χ3n) is 4.66. The van der Waals surface area contributed by atoms with Crippen molar-refractivity contribution in [3.05, 3.63) is 17.7 Å². The number of benzene rings is 1. The monoisotopic (exact) mass is 304 g/mol. The Labute approximate surface area is 129 Å². The van der Waals surface area contributed by atoms with Crippen molar-refractivity contribution in [2.45, 2.75) is 31.9 Å². The van der Waals surface area contributed by atoms with Crippen molar-refractivity contribution in [2.75, 3.05) is 31.8 Å². The highest BCUT2D eigenvalue weighted by molar-refractivity contribution is 5.95. The zero-order valence-electron chi connectivity index (χ0n) is 12.6. The summed E-state index contributed by atoms with van der Waals surface area (Å²) < 4.78 is 16.5. The van der Waals surface area contributed by atoms with Crippen LogP contribution in [0.5, 0.6) is 11.5 Å². The summed E-state index contributed by atoms with van der Waals surface area (Å²) >= 11 is 0. The maximum atomic E-state index is 12.5. The maximum absolute atomic E-state index is 12.5. The number of morpholine rings is 1. The Bertz CT molecular complexity index is 604. The number of rotatable bonds is 2. The lowest BCUT2D eigenvalue weighted by Crippen LogP contribution is -2.50. The molecule has 1 amide bonds. The number of ether oxygens (including phenoxy) is 3. The van der Waals surface area contributed by atoms with E-state index < -0.39 is 6.10 Å². The van der Waals surface area contributed by atoms with E-state index in [9.17, 15) is 4.79 Å². The zero-order valence-corrected chi connectivity index (χ0v) is 12.6. The summed E-state index contributed by atoms with van der Waals surface area (Å²) in [6, 6.07) is 4.20. The van der Waals surface area contributed by atoms with E-state index in [1.165, 1.54) is 12.8 Å². The first-order chi connectivity index (χ1) is 10.7. The van der Waals surface area contributed by atoms with Gasteiger partial charge in [-0.3, -0.25) is 9.69 Å². The number of carbonyl (C=O) groups is 1. The molecule has 1 N–H and O–H groups in total. The van der Waals surface area contributed by atoms with Gasteiger partial charge in [0.15, 0.2) is 11.5 Å². The maximum Gasteiger partial charge on any atom is 0.254 e. The third-order valence-corrected chi connectivity index (χ3v) is 4.66. The molecule has 3 aliphatic rings. The van der Waals surface area contributed by atoms with Crippen LogP contribution in [0.1, 0.15) is 18.4 Å². The lowest BCUT2D eigenvalue weighted by atomic mass is 10.1. The standard InChI is InChI=1S/C16H20N2O4/c1-10-5-13-14(22-9-21-13)6-12(10)17-16(19)15-7-18-4-2-3-11(18)8-20-15/h5-6,11,15H,2-4,7-9H2,1H3,(H,17,19). The highest BCUT2D eigenvalue weighted by Gasteiger charge is 2.35. The normalized spacial score (nSPS) is 26.8. The average molecular weight is 304 g/mol. The van der Waals surface area contributed by atoms with Gasteiger partial charge in [0, 0.05) is 24.3 Å². The number of hydrogen-bond donors (Lipinski definition) is 1. The number of anilines is 1.